The summed E-state index contributed by atoms with van der Waals surface area (Å²) in [7, 11) is 0. The molecule has 1 aromatic rings. The van der Waals surface area contributed by atoms with Gasteiger partial charge < -0.3 is 10.2 Å². The number of alkyl halides is 3. The van der Waals surface area contributed by atoms with E-state index in [-0.39, 0.29) is 18.1 Å². The van der Waals surface area contributed by atoms with Gasteiger partial charge in [0.25, 0.3) is 5.91 Å². The van der Waals surface area contributed by atoms with E-state index in [0.717, 1.165) is 36.8 Å². The van der Waals surface area contributed by atoms with Crippen LogP contribution in [0, 0.1) is 0 Å². The van der Waals surface area contributed by atoms with E-state index in [4.69, 9.17) is 0 Å². The van der Waals surface area contributed by atoms with Gasteiger partial charge in [0.1, 0.15) is 0 Å². The predicted molar refractivity (Wildman–Crippen MR) is 74.1 cm³/mol. The van der Waals surface area contributed by atoms with Crippen molar-refractivity contribution in [2.45, 2.75) is 38.4 Å². The van der Waals surface area contributed by atoms with Gasteiger partial charge in [-0.05, 0) is 38.3 Å². The Morgan fingerprint density at radius 1 is 1.33 bits per heavy atom. The number of quaternary nitrogens is 1. The lowest BCUT2D eigenvalue weighted by molar-refractivity contribution is -0.920. The SMILES string of the molecule is C[C@H]1CCCC[NH+]1CC(=O)Nc1ccccc1C(F)(F)F. The molecule has 1 aromatic carbocycles. The van der Waals surface area contributed by atoms with Crippen molar-refractivity contribution in [1.82, 2.24) is 0 Å². The number of para-hydroxylation sites is 1. The van der Waals surface area contributed by atoms with Gasteiger partial charge in [-0.15, -0.1) is 0 Å². The van der Waals surface area contributed by atoms with Crippen molar-refractivity contribution < 1.29 is 22.9 Å². The number of hydrogen-bond donors (Lipinski definition) is 2. The molecule has 1 unspecified atom stereocenters. The van der Waals surface area contributed by atoms with E-state index in [1.807, 2.05) is 0 Å². The summed E-state index contributed by atoms with van der Waals surface area (Å²) in [6.45, 7) is 3.19. The molecule has 116 valence electrons. The Morgan fingerprint density at radius 2 is 2.05 bits per heavy atom. The molecular formula is C15H20F3N2O+. The van der Waals surface area contributed by atoms with Gasteiger partial charge in [-0.2, -0.15) is 13.2 Å². The summed E-state index contributed by atoms with van der Waals surface area (Å²) in [5.74, 6) is -0.365. The zero-order valence-corrected chi connectivity index (χ0v) is 12.0. The highest BCUT2D eigenvalue weighted by Crippen LogP contribution is 2.34. The van der Waals surface area contributed by atoms with Crippen molar-refractivity contribution in [3.05, 3.63) is 29.8 Å². The minimum atomic E-state index is -4.46. The summed E-state index contributed by atoms with van der Waals surface area (Å²) in [4.78, 5) is 13.1. The monoisotopic (exact) mass is 301 g/mol. The third kappa shape index (κ3) is 4.20. The van der Waals surface area contributed by atoms with Gasteiger partial charge in [0.15, 0.2) is 6.54 Å². The summed E-state index contributed by atoms with van der Waals surface area (Å²) < 4.78 is 38.6. The fourth-order valence-electron chi connectivity index (χ4n) is 2.76. The van der Waals surface area contributed by atoms with Crippen LogP contribution >= 0.6 is 0 Å². The molecule has 0 bridgehead atoms. The number of hydrogen-bond acceptors (Lipinski definition) is 1. The second-order valence-corrected chi connectivity index (χ2v) is 5.57. The molecule has 1 aliphatic rings. The summed E-state index contributed by atoms with van der Waals surface area (Å²) in [5.41, 5.74) is -0.973. The van der Waals surface area contributed by atoms with Crippen molar-refractivity contribution in [1.29, 1.82) is 0 Å². The molecule has 21 heavy (non-hydrogen) atoms. The average Bonchev–Trinajstić information content (AvgIpc) is 2.41. The number of halogens is 3. The molecule has 0 spiro atoms. The van der Waals surface area contributed by atoms with Crippen molar-refractivity contribution in [3.63, 3.8) is 0 Å². The van der Waals surface area contributed by atoms with E-state index in [2.05, 4.69) is 12.2 Å². The molecule has 6 heteroatoms. The molecule has 0 radical (unpaired) electrons. The van der Waals surface area contributed by atoms with Gasteiger partial charge in [-0.1, -0.05) is 12.1 Å². The minimum absolute atomic E-state index is 0.168. The highest BCUT2D eigenvalue weighted by Gasteiger charge is 2.34. The van der Waals surface area contributed by atoms with Crippen molar-refractivity contribution in [2.24, 2.45) is 0 Å². The number of carbonyl (C=O) groups excluding carboxylic acids is 1. The Kier molecular flexibility index (Phi) is 4.88. The first kappa shape index (κ1) is 15.8. The van der Waals surface area contributed by atoms with Gasteiger partial charge >= 0.3 is 6.18 Å². The van der Waals surface area contributed by atoms with Crippen LogP contribution in [-0.4, -0.2) is 25.0 Å². The van der Waals surface area contributed by atoms with E-state index >= 15 is 0 Å². The molecule has 2 rings (SSSR count). The molecule has 1 heterocycles. The molecule has 1 fully saturated rings. The first-order valence-corrected chi connectivity index (χ1v) is 7.18. The second kappa shape index (κ2) is 6.47. The number of likely N-dealkylation sites (tertiary alicyclic amines) is 1. The molecule has 2 atom stereocenters. The Bertz CT molecular complexity index is 502. The highest BCUT2D eigenvalue weighted by molar-refractivity contribution is 5.92. The minimum Gasteiger partial charge on any atom is -0.325 e. The Hall–Kier alpha value is -1.56. The fraction of sp³-hybridized carbons (Fsp3) is 0.533. The average molecular weight is 301 g/mol. The Labute approximate surface area is 122 Å². The van der Waals surface area contributed by atoms with Crippen LogP contribution in [0.15, 0.2) is 24.3 Å². The van der Waals surface area contributed by atoms with E-state index in [1.54, 1.807) is 0 Å². The standard InChI is InChI=1S/C15H19F3N2O/c1-11-6-4-5-9-20(11)10-14(21)19-13-8-3-2-7-12(13)15(16,17)18/h2-3,7-8,11H,4-6,9-10H2,1H3,(H,19,21)/p+1/t11-/m0/s1. The van der Waals surface area contributed by atoms with Crippen LogP contribution in [0.25, 0.3) is 0 Å². The molecule has 3 nitrogen and oxygen atoms in total. The molecular weight excluding hydrogens is 281 g/mol. The highest BCUT2D eigenvalue weighted by atomic mass is 19.4. The first-order chi connectivity index (χ1) is 9.88. The molecule has 1 amide bonds. The lowest BCUT2D eigenvalue weighted by Crippen LogP contribution is -3.17. The van der Waals surface area contributed by atoms with Crippen LogP contribution in [0.4, 0.5) is 18.9 Å². The number of carbonyl (C=O) groups is 1. The van der Waals surface area contributed by atoms with Crippen LogP contribution in [0.1, 0.15) is 31.7 Å². The maximum absolute atomic E-state index is 12.9. The maximum Gasteiger partial charge on any atom is 0.418 e. The topological polar surface area (TPSA) is 33.5 Å². The van der Waals surface area contributed by atoms with Crippen molar-refractivity contribution in [2.75, 3.05) is 18.4 Å². The van der Waals surface area contributed by atoms with Gasteiger partial charge in [0.2, 0.25) is 0 Å². The summed E-state index contributed by atoms with van der Waals surface area (Å²) in [6, 6.07) is 5.45. The molecule has 1 saturated heterocycles. The third-order valence-electron chi connectivity index (χ3n) is 3.98. The zero-order chi connectivity index (χ0) is 15.5. The zero-order valence-electron chi connectivity index (χ0n) is 12.0. The lowest BCUT2D eigenvalue weighted by Gasteiger charge is -2.29. The molecule has 0 aromatic heterocycles. The van der Waals surface area contributed by atoms with Crippen LogP contribution < -0.4 is 10.2 Å². The molecule has 0 saturated carbocycles. The van der Waals surface area contributed by atoms with Crippen molar-refractivity contribution >= 4 is 11.6 Å². The summed E-state index contributed by atoms with van der Waals surface area (Å²) in [6.07, 6.45) is -1.19. The van der Waals surface area contributed by atoms with Crippen LogP contribution in [0.3, 0.4) is 0 Å². The number of piperidine rings is 1. The largest absolute Gasteiger partial charge is 0.418 e. The molecule has 2 N–H and O–H groups in total. The fourth-order valence-corrected chi connectivity index (χ4v) is 2.76. The van der Waals surface area contributed by atoms with Gasteiger partial charge in [-0.3, -0.25) is 4.79 Å². The van der Waals surface area contributed by atoms with E-state index in [9.17, 15) is 18.0 Å². The van der Waals surface area contributed by atoms with Crippen molar-refractivity contribution in [3.8, 4) is 0 Å². The van der Waals surface area contributed by atoms with E-state index in [1.165, 1.54) is 18.2 Å². The normalized spacial score (nSPS) is 22.9. The quantitative estimate of drug-likeness (QED) is 0.881. The summed E-state index contributed by atoms with van der Waals surface area (Å²) >= 11 is 0. The molecule has 0 aliphatic carbocycles. The smallest absolute Gasteiger partial charge is 0.325 e. The number of anilines is 1. The number of benzene rings is 1. The molecule has 1 aliphatic heterocycles. The maximum atomic E-state index is 12.9. The van der Waals surface area contributed by atoms with E-state index < -0.39 is 11.7 Å². The predicted octanol–water partition coefficient (Wildman–Crippen LogP) is 2.10. The summed E-state index contributed by atoms with van der Waals surface area (Å²) in [5, 5.41) is 2.41. The number of nitrogens with one attached hydrogen (secondary N) is 2. The van der Waals surface area contributed by atoms with E-state index in [0.29, 0.717) is 6.04 Å². The third-order valence-corrected chi connectivity index (χ3v) is 3.98. The Morgan fingerprint density at radius 3 is 2.71 bits per heavy atom. The van der Waals surface area contributed by atoms with Crippen LogP contribution in [0.5, 0.6) is 0 Å². The van der Waals surface area contributed by atoms with Crippen LogP contribution in [-0.2, 0) is 11.0 Å². The Balaban J connectivity index is 2.03. The lowest BCUT2D eigenvalue weighted by atomic mass is 10.0. The number of rotatable bonds is 3. The van der Waals surface area contributed by atoms with Crippen LogP contribution in [0.2, 0.25) is 0 Å². The second-order valence-electron chi connectivity index (χ2n) is 5.57. The first-order valence-electron chi connectivity index (χ1n) is 7.18. The van der Waals surface area contributed by atoms with Gasteiger partial charge in [-0.25, -0.2) is 0 Å². The van der Waals surface area contributed by atoms with Gasteiger partial charge in [0.05, 0.1) is 23.8 Å². The van der Waals surface area contributed by atoms with Gasteiger partial charge in [0, 0.05) is 0 Å². The number of amides is 1.